The number of nitrogens with zero attached hydrogens (tertiary/aromatic N) is 1. The maximum atomic E-state index is 11.4. The van der Waals surface area contributed by atoms with Crippen LogP contribution in [0.2, 0.25) is 0 Å². The SMILES string of the molecule is O=C(O)C(Nc1ccc(Br)cc1[N+](=O)[O-])c1ccccc1. The number of aliphatic carboxylic acids is 1. The lowest BCUT2D eigenvalue weighted by atomic mass is 10.1. The largest absolute Gasteiger partial charge is 0.479 e. The highest BCUT2D eigenvalue weighted by atomic mass is 79.9. The lowest BCUT2D eigenvalue weighted by Gasteiger charge is -2.16. The van der Waals surface area contributed by atoms with Gasteiger partial charge in [-0.2, -0.15) is 0 Å². The van der Waals surface area contributed by atoms with E-state index in [9.17, 15) is 20.0 Å². The molecule has 0 aliphatic carbocycles. The first kappa shape index (κ1) is 15.0. The number of nitro groups is 1. The zero-order valence-corrected chi connectivity index (χ0v) is 12.3. The van der Waals surface area contributed by atoms with Crippen molar-refractivity contribution < 1.29 is 14.8 Å². The lowest BCUT2D eigenvalue weighted by molar-refractivity contribution is -0.384. The molecule has 0 aromatic heterocycles. The van der Waals surface area contributed by atoms with Crippen LogP contribution in [0.3, 0.4) is 0 Å². The van der Waals surface area contributed by atoms with E-state index in [1.807, 2.05) is 0 Å². The molecule has 0 spiro atoms. The molecule has 0 fully saturated rings. The van der Waals surface area contributed by atoms with Gasteiger partial charge in [0.1, 0.15) is 5.69 Å². The maximum absolute atomic E-state index is 11.4. The fraction of sp³-hybridized carbons (Fsp3) is 0.0714. The second-order valence-corrected chi connectivity index (χ2v) is 5.16. The van der Waals surface area contributed by atoms with Crippen molar-refractivity contribution in [3.05, 3.63) is 68.7 Å². The van der Waals surface area contributed by atoms with Crippen LogP contribution in [0.4, 0.5) is 11.4 Å². The Balaban J connectivity index is 2.39. The van der Waals surface area contributed by atoms with Crippen molar-refractivity contribution in [1.29, 1.82) is 0 Å². The van der Waals surface area contributed by atoms with E-state index in [0.29, 0.717) is 10.0 Å². The first-order valence-corrected chi connectivity index (χ1v) is 6.76. The van der Waals surface area contributed by atoms with Crippen LogP contribution in [-0.4, -0.2) is 16.0 Å². The fourth-order valence-corrected chi connectivity index (χ4v) is 2.22. The molecule has 7 heteroatoms. The molecule has 0 bridgehead atoms. The van der Waals surface area contributed by atoms with Gasteiger partial charge < -0.3 is 10.4 Å². The van der Waals surface area contributed by atoms with Gasteiger partial charge in [-0.3, -0.25) is 10.1 Å². The van der Waals surface area contributed by atoms with Crippen LogP contribution in [0, 0.1) is 10.1 Å². The zero-order valence-electron chi connectivity index (χ0n) is 10.7. The van der Waals surface area contributed by atoms with Crippen molar-refractivity contribution in [1.82, 2.24) is 0 Å². The van der Waals surface area contributed by atoms with Crippen LogP contribution in [0.5, 0.6) is 0 Å². The molecule has 0 saturated carbocycles. The molecular formula is C14H11BrN2O4. The average molecular weight is 351 g/mol. The van der Waals surface area contributed by atoms with Crippen molar-refractivity contribution in [3.8, 4) is 0 Å². The van der Waals surface area contributed by atoms with Gasteiger partial charge in [-0.1, -0.05) is 46.3 Å². The van der Waals surface area contributed by atoms with Gasteiger partial charge in [0.05, 0.1) is 4.92 Å². The van der Waals surface area contributed by atoms with E-state index in [2.05, 4.69) is 21.2 Å². The third-order valence-electron chi connectivity index (χ3n) is 2.84. The Hall–Kier alpha value is -2.41. The molecular weight excluding hydrogens is 340 g/mol. The highest BCUT2D eigenvalue weighted by Gasteiger charge is 2.23. The highest BCUT2D eigenvalue weighted by Crippen LogP contribution is 2.31. The normalized spacial score (nSPS) is 11.7. The van der Waals surface area contributed by atoms with E-state index >= 15 is 0 Å². The molecule has 0 heterocycles. The molecule has 1 unspecified atom stereocenters. The first-order valence-electron chi connectivity index (χ1n) is 5.97. The number of hydrogen-bond donors (Lipinski definition) is 2. The molecule has 0 aliphatic rings. The van der Waals surface area contributed by atoms with Crippen LogP contribution in [0.25, 0.3) is 0 Å². The van der Waals surface area contributed by atoms with Gasteiger partial charge >= 0.3 is 5.97 Å². The van der Waals surface area contributed by atoms with E-state index in [0.717, 1.165) is 0 Å². The van der Waals surface area contributed by atoms with E-state index < -0.39 is 16.9 Å². The van der Waals surface area contributed by atoms with Gasteiger partial charge in [0.25, 0.3) is 5.69 Å². The van der Waals surface area contributed by atoms with Crippen molar-refractivity contribution in [2.24, 2.45) is 0 Å². The van der Waals surface area contributed by atoms with Gasteiger partial charge in [0.15, 0.2) is 6.04 Å². The summed E-state index contributed by atoms with van der Waals surface area (Å²) in [7, 11) is 0. The Kier molecular flexibility index (Phi) is 4.54. The Morgan fingerprint density at radius 1 is 1.24 bits per heavy atom. The second kappa shape index (κ2) is 6.36. The molecule has 0 saturated heterocycles. The molecule has 21 heavy (non-hydrogen) atoms. The smallest absolute Gasteiger partial charge is 0.330 e. The van der Waals surface area contributed by atoms with Crippen molar-refractivity contribution in [2.75, 3.05) is 5.32 Å². The van der Waals surface area contributed by atoms with Gasteiger partial charge in [0.2, 0.25) is 0 Å². The number of hydrogen-bond acceptors (Lipinski definition) is 4. The number of carboxylic acids is 1. The topological polar surface area (TPSA) is 92.5 Å². The summed E-state index contributed by atoms with van der Waals surface area (Å²) in [5, 5.41) is 23.1. The summed E-state index contributed by atoms with van der Waals surface area (Å²) in [5.74, 6) is -1.11. The summed E-state index contributed by atoms with van der Waals surface area (Å²) in [6.45, 7) is 0. The van der Waals surface area contributed by atoms with Crippen molar-refractivity contribution in [3.63, 3.8) is 0 Å². The number of nitro benzene ring substituents is 1. The summed E-state index contributed by atoms with van der Waals surface area (Å²) in [6, 6.07) is 11.8. The second-order valence-electron chi connectivity index (χ2n) is 4.24. The van der Waals surface area contributed by atoms with Gasteiger partial charge in [-0.05, 0) is 17.7 Å². The molecule has 2 N–H and O–H groups in total. The average Bonchev–Trinajstić information content (AvgIpc) is 2.46. The third kappa shape index (κ3) is 3.57. The highest BCUT2D eigenvalue weighted by molar-refractivity contribution is 9.10. The van der Waals surface area contributed by atoms with Gasteiger partial charge in [0, 0.05) is 10.5 Å². The zero-order chi connectivity index (χ0) is 15.4. The Bertz CT molecular complexity index is 676. The van der Waals surface area contributed by atoms with E-state index in [1.165, 1.54) is 12.1 Å². The van der Waals surface area contributed by atoms with Gasteiger partial charge in [-0.15, -0.1) is 0 Å². The third-order valence-corrected chi connectivity index (χ3v) is 3.33. The first-order chi connectivity index (χ1) is 9.99. The summed E-state index contributed by atoms with van der Waals surface area (Å²) in [6.07, 6.45) is 0. The number of carbonyl (C=O) groups is 1. The number of halogens is 1. The maximum Gasteiger partial charge on any atom is 0.330 e. The number of nitrogens with one attached hydrogen (secondary N) is 1. The molecule has 0 amide bonds. The number of carboxylic acid groups (broad SMARTS) is 1. The van der Waals surface area contributed by atoms with Crippen LogP contribution < -0.4 is 5.32 Å². The Labute approximate surface area is 128 Å². The lowest BCUT2D eigenvalue weighted by Crippen LogP contribution is -2.20. The molecule has 2 aromatic rings. The predicted molar refractivity (Wildman–Crippen MR) is 81.2 cm³/mol. The predicted octanol–water partition coefficient (Wildman–Crippen LogP) is 3.60. The minimum absolute atomic E-state index is 0.152. The van der Waals surface area contributed by atoms with E-state index in [4.69, 9.17) is 0 Å². The summed E-state index contributed by atoms with van der Waals surface area (Å²) >= 11 is 3.16. The molecule has 0 aliphatic heterocycles. The van der Waals surface area contributed by atoms with Crippen molar-refractivity contribution >= 4 is 33.3 Å². The monoisotopic (exact) mass is 350 g/mol. The minimum Gasteiger partial charge on any atom is -0.479 e. The minimum atomic E-state index is -1.11. The van der Waals surface area contributed by atoms with Gasteiger partial charge in [-0.25, -0.2) is 4.79 Å². The van der Waals surface area contributed by atoms with Crippen LogP contribution >= 0.6 is 15.9 Å². The summed E-state index contributed by atoms with van der Waals surface area (Å²) < 4.78 is 0.548. The fourth-order valence-electron chi connectivity index (χ4n) is 1.87. The van der Waals surface area contributed by atoms with Crippen LogP contribution in [-0.2, 0) is 4.79 Å². The number of anilines is 1. The molecule has 1 atom stereocenters. The number of rotatable bonds is 5. The molecule has 108 valence electrons. The van der Waals surface area contributed by atoms with E-state index in [-0.39, 0.29) is 11.4 Å². The Morgan fingerprint density at radius 3 is 2.48 bits per heavy atom. The summed E-state index contributed by atoms with van der Waals surface area (Å²) in [4.78, 5) is 21.9. The Morgan fingerprint density at radius 2 is 1.90 bits per heavy atom. The number of benzene rings is 2. The molecule has 0 radical (unpaired) electrons. The van der Waals surface area contributed by atoms with Crippen LogP contribution in [0.15, 0.2) is 53.0 Å². The molecule has 2 rings (SSSR count). The standard InChI is InChI=1S/C14H11BrN2O4/c15-10-6-7-11(12(8-10)17(20)21)16-13(14(18)19)9-4-2-1-3-5-9/h1-8,13,16H,(H,18,19). The van der Waals surface area contributed by atoms with E-state index in [1.54, 1.807) is 36.4 Å². The van der Waals surface area contributed by atoms with Crippen LogP contribution in [0.1, 0.15) is 11.6 Å². The molecule has 6 nitrogen and oxygen atoms in total. The quantitative estimate of drug-likeness (QED) is 0.634. The summed E-state index contributed by atoms with van der Waals surface area (Å²) in [5.41, 5.74) is 0.480. The van der Waals surface area contributed by atoms with Crippen molar-refractivity contribution in [2.45, 2.75) is 6.04 Å². The molecule has 2 aromatic carbocycles.